The largest absolute Gasteiger partial charge is 0.0851 e. The molecule has 1 radical (unpaired) electrons. The van der Waals surface area contributed by atoms with Crippen LogP contribution in [0.4, 0.5) is 0 Å². The number of hydrogen-bond acceptors (Lipinski definition) is 0. The molecule has 0 unspecified atom stereocenters. The van der Waals surface area contributed by atoms with E-state index in [2.05, 4.69) is 33.8 Å². The summed E-state index contributed by atoms with van der Waals surface area (Å²) in [7, 11) is 0. The molecule has 0 amide bonds. The van der Waals surface area contributed by atoms with E-state index in [0.29, 0.717) is 5.92 Å². The van der Waals surface area contributed by atoms with Gasteiger partial charge in [-0.25, -0.2) is 0 Å². The zero-order valence-corrected chi connectivity index (χ0v) is 7.48. The summed E-state index contributed by atoms with van der Waals surface area (Å²) < 4.78 is 0. The smallest absolute Gasteiger partial charge is 0.0260 e. The van der Waals surface area contributed by atoms with Gasteiger partial charge in [-0.3, -0.25) is 0 Å². The van der Waals surface area contributed by atoms with E-state index in [9.17, 15) is 0 Å². The molecule has 0 aliphatic carbocycles. The van der Waals surface area contributed by atoms with E-state index in [1.165, 1.54) is 18.4 Å². The average Bonchev–Trinajstić information content (AvgIpc) is 1.89. The summed E-state index contributed by atoms with van der Waals surface area (Å²) in [6.07, 6.45) is 5.76. The summed E-state index contributed by atoms with van der Waals surface area (Å²) in [5.74, 6) is 0.684. The van der Waals surface area contributed by atoms with Gasteiger partial charge in [0, 0.05) is 0 Å². The monoisotopic (exact) mass is 139 g/mol. The van der Waals surface area contributed by atoms with Crippen LogP contribution in [0.2, 0.25) is 0 Å². The van der Waals surface area contributed by atoms with Crippen molar-refractivity contribution in [3.05, 3.63) is 18.6 Å². The van der Waals surface area contributed by atoms with Crippen LogP contribution in [-0.2, 0) is 0 Å². The molecule has 0 aromatic heterocycles. The number of unbranched alkanes of at least 4 members (excludes halogenated alkanes) is 1. The maximum Gasteiger partial charge on any atom is -0.0260 e. The van der Waals surface area contributed by atoms with Gasteiger partial charge < -0.3 is 0 Å². The fraction of sp³-hybridized carbons (Fsp3) is 0.700. The highest BCUT2D eigenvalue weighted by Crippen LogP contribution is 2.13. The van der Waals surface area contributed by atoms with Gasteiger partial charge in [0.15, 0.2) is 0 Å². The van der Waals surface area contributed by atoms with E-state index in [0.717, 1.165) is 6.42 Å². The molecule has 0 saturated carbocycles. The summed E-state index contributed by atoms with van der Waals surface area (Å²) in [6, 6.07) is 0. The minimum atomic E-state index is 0.684. The van der Waals surface area contributed by atoms with Gasteiger partial charge in [0.1, 0.15) is 0 Å². The van der Waals surface area contributed by atoms with E-state index < -0.39 is 0 Å². The molecule has 0 fully saturated rings. The van der Waals surface area contributed by atoms with Gasteiger partial charge >= 0.3 is 0 Å². The Balaban J connectivity index is 3.79. The van der Waals surface area contributed by atoms with E-state index in [1.54, 1.807) is 0 Å². The second-order valence-electron chi connectivity index (χ2n) is 2.97. The molecule has 0 aromatic rings. The lowest BCUT2D eigenvalue weighted by Gasteiger charge is -2.07. The molecule has 0 spiro atoms. The Kier molecular flexibility index (Phi) is 5.38. The van der Waals surface area contributed by atoms with Gasteiger partial charge in [0.2, 0.25) is 0 Å². The fourth-order valence-corrected chi connectivity index (χ4v) is 0.956. The van der Waals surface area contributed by atoms with Gasteiger partial charge in [0.05, 0.1) is 0 Å². The van der Waals surface area contributed by atoms with Crippen LogP contribution in [0.25, 0.3) is 0 Å². The predicted octanol–water partition coefficient (Wildman–Crippen LogP) is 3.59. The third-order valence-electron chi connectivity index (χ3n) is 1.73. The first-order chi connectivity index (χ1) is 4.72. The van der Waals surface area contributed by atoms with Crippen LogP contribution in [-0.4, -0.2) is 0 Å². The molecule has 0 rings (SSSR count). The van der Waals surface area contributed by atoms with Crippen molar-refractivity contribution in [2.45, 2.75) is 40.0 Å². The molecular formula is C10H19. The van der Waals surface area contributed by atoms with Crippen LogP contribution in [0.15, 0.2) is 11.6 Å². The quantitative estimate of drug-likeness (QED) is 0.522. The Bertz CT molecular complexity index is 98.6. The summed E-state index contributed by atoms with van der Waals surface area (Å²) in [5, 5.41) is 0. The maximum atomic E-state index is 3.89. The standard InChI is InChI=1S/C10H19/c1-5-7-8-10(6-2)9(3)4/h8-9H,2,5-7H2,1,3-4H3/b10-8-. The van der Waals surface area contributed by atoms with Crippen molar-refractivity contribution in [2.75, 3.05) is 0 Å². The molecule has 0 nitrogen and oxygen atoms in total. The molecule has 0 heterocycles. The van der Waals surface area contributed by atoms with E-state index in [4.69, 9.17) is 0 Å². The third kappa shape index (κ3) is 3.71. The highest BCUT2D eigenvalue weighted by molar-refractivity contribution is 5.05. The molecule has 0 aromatic carbocycles. The Morgan fingerprint density at radius 1 is 1.50 bits per heavy atom. The first-order valence-electron chi connectivity index (χ1n) is 4.20. The highest BCUT2D eigenvalue weighted by Gasteiger charge is 1.97. The van der Waals surface area contributed by atoms with Crippen LogP contribution in [0.5, 0.6) is 0 Å². The lowest BCUT2D eigenvalue weighted by atomic mass is 9.99. The summed E-state index contributed by atoms with van der Waals surface area (Å²) in [5.41, 5.74) is 1.50. The van der Waals surface area contributed by atoms with Crippen molar-refractivity contribution < 1.29 is 0 Å². The molecule has 0 saturated heterocycles. The molecule has 0 bridgehead atoms. The Morgan fingerprint density at radius 3 is 2.40 bits per heavy atom. The van der Waals surface area contributed by atoms with Crippen molar-refractivity contribution in [2.24, 2.45) is 5.92 Å². The minimum Gasteiger partial charge on any atom is -0.0851 e. The first kappa shape index (κ1) is 9.74. The zero-order chi connectivity index (χ0) is 7.98. The summed E-state index contributed by atoms with van der Waals surface area (Å²) in [4.78, 5) is 0. The second kappa shape index (κ2) is 5.52. The van der Waals surface area contributed by atoms with Gasteiger partial charge in [-0.1, -0.05) is 38.8 Å². The number of hydrogen-bond donors (Lipinski definition) is 0. The third-order valence-corrected chi connectivity index (χ3v) is 1.73. The normalized spacial score (nSPS) is 12.7. The van der Waals surface area contributed by atoms with Crippen molar-refractivity contribution in [3.8, 4) is 0 Å². The van der Waals surface area contributed by atoms with Gasteiger partial charge in [-0.05, 0) is 25.7 Å². The molecule has 0 aliphatic rings. The predicted molar refractivity (Wildman–Crippen MR) is 47.8 cm³/mol. The fourth-order valence-electron chi connectivity index (χ4n) is 0.956. The molecule has 0 heteroatoms. The van der Waals surface area contributed by atoms with Crippen LogP contribution >= 0.6 is 0 Å². The topological polar surface area (TPSA) is 0 Å². The van der Waals surface area contributed by atoms with Gasteiger partial charge in [-0.15, -0.1) is 0 Å². The minimum absolute atomic E-state index is 0.684. The molecule has 0 aliphatic heterocycles. The average molecular weight is 139 g/mol. The Morgan fingerprint density at radius 2 is 2.10 bits per heavy atom. The summed E-state index contributed by atoms with van der Waals surface area (Å²) in [6.45, 7) is 10.6. The van der Waals surface area contributed by atoms with Crippen molar-refractivity contribution >= 4 is 0 Å². The van der Waals surface area contributed by atoms with Crippen molar-refractivity contribution in [1.29, 1.82) is 0 Å². The highest BCUT2D eigenvalue weighted by atomic mass is 14.0. The van der Waals surface area contributed by atoms with Crippen molar-refractivity contribution in [3.63, 3.8) is 0 Å². The first-order valence-corrected chi connectivity index (χ1v) is 4.20. The van der Waals surface area contributed by atoms with Crippen LogP contribution in [0.3, 0.4) is 0 Å². The molecular weight excluding hydrogens is 120 g/mol. The van der Waals surface area contributed by atoms with E-state index in [-0.39, 0.29) is 0 Å². The number of allylic oxidation sites excluding steroid dienone is 2. The van der Waals surface area contributed by atoms with Crippen LogP contribution in [0, 0.1) is 12.8 Å². The van der Waals surface area contributed by atoms with Crippen LogP contribution in [0.1, 0.15) is 40.0 Å². The van der Waals surface area contributed by atoms with E-state index in [1.807, 2.05) is 0 Å². The van der Waals surface area contributed by atoms with Crippen LogP contribution < -0.4 is 0 Å². The lowest BCUT2D eigenvalue weighted by molar-refractivity contribution is 0.735. The Hall–Kier alpha value is -0.260. The molecule has 0 atom stereocenters. The SMILES string of the molecule is [CH2]C/C(=C/CCC)C(C)C. The number of rotatable bonds is 4. The Labute approximate surface area is 65.3 Å². The molecule has 0 N–H and O–H groups in total. The van der Waals surface area contributed by atoms with Crippen molar-refractivity contribution in [1.82, 2.24) is 0 Å². The molecule has 10 heavy (non-hydrogen) atoms. The van der Waals surface area contributed by atoms with Gasteiger partial charge in [-0.2, -0.15) is 0 Å². The molecule has 59 valence electrons. The van der Waals surface area contributed by atoms with E-state index >= 15 is 0 Å². The lowest BCUT2D eigenvalue weighted by Crippen LogP contribution is -1.91. The zero-order valence-electron chi connectivity index (χ0n) is 7.48. The maximum absolute atomic E-state index is 3.89. The summed E-state index contributed by atoms with van der Waals surface area (Å²) >= 11 is 0. The second-order valence-corrected chi connectivity index (χ2v) is 2.97. The van der Waals surface area contributed by atoms with Gasteiger partial charge in [0.25, 0.3) is 0 Å².